The monoisotopic (exact) mass is 274 g/mol. The quantitative estimate of drug-likeness (QED) is 0.922. The van der Waals surface area contributed by atoms with E-state index in [2.05, 4.69) is 20.4 Å². The minimum Gasteiger partial charge on any atom is -0.479 e. The molecule has 106 valence electrons. The molecule has 0 bridgehead atoms. The summed E-state index contributed by atoms with van der Waals surface area (Å²) in [4.78, 5) is 9.05. The molecule has 1 N–H and O–H groups in total. The van der Waals surface area contributed by atoms with Crippen LogP contribution in [0.4, 0.5) is 5.82 Å². The number of nitrogens with zero attached hydrogens (tertiary/aromatic N) is 3. The van der Waals surface area contributed by atoms with Crippen LogP contribution in [0.3, 0.4) is 0 Å². The summed E-state index contributed by atoms with van der Waals surface area (Å²) >= 11 is 0. The number of aryl methyl sites for hydroxylation is 2. The van der Waals surface area contributed by atoms with Crippen LogP contribution in [0.2, 0.25) is 0 Å². The Hall–Kier alpha value is -2.11. The predicted octanol–water partition coefficient (Wildman–Crippen LogP) is 2.27. The van der Waals surface area contributed by atoms with Crippen molar-refractivity contribution in [1.82, 2.24) is 15.1 Å². The number of fused-ring (bicyclic) bond motifs is 1. The van der Waals surface area contributed by atoms with E-state index in [1.54, 1.807) is 13.2 Å². The van der Waals surface area contributed by atoms with Gasteiger partial charge in [-0.2, -0.15) is 0 Å². The molecule has 1 aliphatic carbocycles. The first-order chi connectivity index (χ1) is 9.76. The highest BCUT2D eigenvalue weighted by Gasteiger charge is 2.17. The van der Waals surface area contributed by atoms with Crippen LogP contribution in [0.5, 0.6) is 5.88 Å². The van der Waals surface area contributed by atoms with E-state index in [-0.39, 0.29) is 0 Å². The van der Waals surface area contributed by atoms with Gasteiger partial charge in [0.25, 0.3) is 5.88 Å². The number of anilines is 1. The lowest BCUT2D eigenvalue weighted by Gasteiger charge is -2.18. The van der Waals surface area contributed by atoms with E-state index in [1.165, 1.54) is 24.1 Å². The van der Waals surface area contributed by atoms with E-state index in [0.717, 1.165) is 30.2 Å². The fraction of sp³-hybridized carbons (Fsp3) is 0.500. The van der Waals surface area contributed by atoms with Crippen molar-refractivity contribution >= 4 is 5.82 Å². The molecular weight excluding hydrogens is 256 g/mol. The molecule has 0 saturated carbocycles. The van der Waals surface area contributed by atoms with Gasteiger partial charge in [0.2, 0.25) is 0 Å². The van der Waals surface area contributed by atoms with Crippen LogP contribution in [-0.4, -0.2) is 22.2 Å². The maximum atomic E-state index is 5.17. The number of nitrogens with one attached hydrogen (secondary N) is 1. The van der Waals surface area contributed by atoms with Crippen molar-refractivity contribution in [1.29, 1.82) is 0 Å². The summed E-state index contributed by atoms with van der Waals surface area (Å²) in [5.41, 5.74) is 2.43. The van der Waals surface area contributed by atoms with Gasteiger partial charge in [-0.1, -0.05) is 0 Å². The molecule has 20 heavy (non-hydrogen) atoms. The highest BCUT2D eigenvalue weighted by molar-refractivity contribution is 5.48. The zero-order valence-corrected chi connectivity index (χ0v) is 11.8. The highest BCUT2D eigenvalue weighted by Crippen LogP contribution is 2.25. The van der Waals surface area contributed by atoms with Crippen molar-refractivity contribution in [2.24, 2.45) is 0 Å². The second-order valence-corrected chi connectivity index (χ2v) is 4.94. The van der Waals surface area contributed by atoms with Gasteiger partial charge in [-0.15, -0.1) is 0 Å². The molecule has 3 rings (SSSR count). The summed E-state index contributed by atoms with van der Waals surface area (Å²) in [5, 5.41) is 7.11. The Bertz CT molecular complexity index is 609. The van der Waals surface area contributed by atoms with Gasteiger partial charge in [0.1, 0.15) is 11.6 Å². The average Bonchev–Trinajstić information content (AvgIpc) is 2.92. The van der Waals surface area contributed by atoms with E-state index >= 15 is 0 Å². The Morgan fingerprint density at radius 1 is 1.30 bits per heavy atom. The Kier molecular flexibility index (Phi) is 3.54. The second kappa shape index (κ2) is 5.48. The summed E-state index contributed by atoms with van der Waals surface area (Å²) in [5.74, 6) is 2.94. The molecule has 6 nitrogen and oxygen atoms in total. The lowest BCUT2D eigenvalue weighted by molar-refractivity contribution is 0.328. The minimum absolute atomic E-state index is 0.489. The third-order valence-electron chi connectivity index (χ3n) is 3.47. The van der Waals surface area contributed by atoms with Crippen molar-refractivity contribution in [3.8, 4) is 5.88 Å². The van der Waals surface area contributed by atoms with Gasteiger partial charge in [-0.05, 0) is 37.8 Å². The summed E-state index contributed by atoms with van der Waals surface area (Å²) in [6.45, 7) is 2.47. The number of aromatic nitrogens is 3. The Morgan fingerprint density at radius 2 is 2.15 bits per heavy atom. The molecule has 6 heteroatoms. The van der Waals surface area contributed by atoms with Crippen LogP contribution in [0.15, 0.2) is 10.6 Å². The Balaban J connectivity index is 1.78. The van der Waals surface area contributed by atoms with Crippen LogP contribution in [0.25, 0.3) is 0 Å². The fourth-order valence-corrected chi connectivity index (χ4v) is 2.51. The molecule has 2 aromatic heterocycles. The number of hydrogen-bond acceptors (Lipinski definition) is 6. The third-order valence-corrected chi connectivity index (χ3v) is 3.47. The smallest absolute Gasteiger partial charge is 0.254 e. The summed E-state index contributed by atoms with van der Waals surface area (Å²) in [6.07, 6.45) is 4.49. The minimum atomic E-state index is 0.489. The summed E-state index contributed by atoms with van der Waals surface area (Å²) in [6, 6.07) is 1.77. The lowest BCUT2D eigenvalue weighted by atomic mass is 9.96. The van der Waals surface area contributed by atoms with Crippen molar-refractivity contribution in [3.05, 3.63) is 28.9 Å². The molecule has 0 fully saturated rings. The lowest BCUT2D eigenvalue weighted by Crippen LogP contribution is -2.13. The zero-order valence-electron chi connectivity index (χ0n) is 11.8. The van der Waals surface area contributed by atoms with Crippen LogP contribution in [0, 0.1) is 6.92 Å². The molecular formula is C14H18N4O2. The van der Waals surface area contributed by atoms with E-state index in [0.29, 0.717) is 12.4 Å². The first kappa shape index (κ1) is 12.9. The van der Waals surface area contributed by atoms with E-state index in [1.807, 2.05) is 6.92 Å². The van der Waals surface area contributed by atoms with Crippen LogP contribution in [-0.2, 0) is 19.4 Å². The van der Waals surface area contributed by atoms with Gasteiger partial charge in [-0.3, -0.25) is 0 Å². The second-order valence-electron chi connectivity index (χ2n) is 4.94. The van der Waals surface area contributed by atoms with Crippen LogP contribution in [0.1, 0.15) is 35.7 Å². The van der Waals surface area contributed by atoms with Gasteiger partial charge in [0.05, 0.1) is 13.7 Å². The molecule has 0 radical (unpaired) electrons. The van der Waals surface area contributed by atoms with Gasteiger partial charge in [-0.25, -0.2) is 9.97 Å². The topological polar surface area (TPSA) is 73.1 Å². The zero-order chi connectivity index (χ0) is 13.9. The van der Waals surface area contributed by atoms with Crippen molar-refractivity contribution in [2.45, 2.75) is 39.2 Å². The largest absolute Gasteiger partial charge is 0.479 e. The van der Waals surface area contributed by atoms with Crippen molar-refractivity contribution in [3.63, 3.8) is 0 Å². The van der Waals surface area contributed by atoms with E-state index in [4.69, 9.17) is 9.26 Å². The van der Waals surface area contributed by atoms with Gasteiger partial charge < -0.3 is 14.6 Å². The van der Waals surface area contributed by atoms with E-state index < -0.39 is 0 Å². The van der Waals surface area contributed by atoms with Crippen LogP contribution >= 0.6 is 0 Å². The molecule has 2 aromatic rings. The van der Waals surface area contributed by atoms with E-state index in [9.17, 15) is 0 Å². The predicted molar refractivity (Wildman–Crippen MR) is 73.8 cm³/mol. The first-order valence-corrected chi connectivity index (χ1v) is 6.86. The van der Waals surface area contributed by atoms with Gasteiger partial charge >= 0.3 is 0 Å². The summed E-state index contributed by atoms with van der Waals surface area (Å²) in [7, 11) is 1.57. The van der Waals surface area contributed by atoms with Crippen molar-refractivity contribution in [2.75, 3.05) is 12.4 Å². The molecule has 0 aliphatic heterocycles. The standard InChI is InChI=1S/C14H18N4O2/c1-9-16-12-6-4-3-5-11(12)14(17-9)15-8-10-7-13(19-2)18-20-10/h7H,3-6,8H2,1-2H3,(H,15,16,17). The first-order valence-electron chi connectivity index (χ1n) is 6.86. The van der Waals surface area contributed by atoms with Crippen LogP contribution < -0.4 is 10.1 Å². The third kappa shape index (κ3) is 2.59. The molecule has 0 aromatic carbocycles. The summed E-state index contributed by atoms with van der Waals surface area (Å²) < 4.78 is 10.2. The van der Waals surface area contributed by atoms with Crippen molar-refractivity contribution < 1.29 is 9.26 Å². The molecule has 1 aliphatic rings. The molecule has 0 atom stereocenters. The molecule has 2 heterocycles. The maximum Gasteiger partial charge on any atom is 0.254 e. The molecule has 0 amide bonds. The maximum absolute atomic E-state index is 5.17. The number of hydrogen-bond donors (Lipinski definition) is 1. The average molecular weight is 274 g/mol. The number of rotatable bonds is 4. The fourth-order valence-electron chi connectivity index (χ4n) is 2.51. The SMILES string of the molecule is COc1cc(CNc2nc(C)nc3c2CCCC3)on1. The number of methoxy groups -OCH3 is 1. The normalized spacial score (nSPS) is 13.9. The van der Waals surface area contributed by atoms with Gasteiger partial charge in [0.15, 0.2) is 5.76 Å². The Labute approximate surface area is 117 Å². The Morgan fingerprint density at radius 3 is 2.95 bits per heavy atom. The molecule has 0 unspecified atom stereocenters. The number of ether oxygens (including phenoxy) is 1. The molecule has 0 spiro atoms. The van der Waals surface area contributed by atoms with Gasteiger partial charge in [0, 0.05) is 17.3 Å². The highest BCUT2D eigenvalue weighted by atomic mass is 16.5. The molecule has 0 saturated heterocycles.